The summed E-state index contributed by atoms with van der Waals surface area (Å²) in [7, 11) is 1.55. The summed E-state index contributed by atoms with van der Waals surface area (Å²) < 4.78 is 10.9. The third-order valence-electron chi connectivity index (χ3n) is 2.79. The van der Waals surface area contributed by atoms with Crippen molar-refractivity contribution in [2.75, 3.05) is 7.11 Å². The molecule has 0 heterocycles. The Morgan fingerprint density at radius 1 is 1.38 bits per heavy atom. The number of benzene rings is 1. The Labute approximate surface area is 94.3 Å². The molecular formula is C12H15NO3. The topological polar surface area (TPSA) is 61.5 Å². The van der Waals surface area contributed by atoms with Gasteiger partial charge in [-0.2, -0.15) is 0 Å². The average Bonchev–Trinajstić information content (AvgIpc) is 2.23. The van der Waals surface area contributed by atoms with Crippen molar-refractivity contribution in [3.8, 4) is 11.5 Å². The summed E-state index contributed by atoms with van der Waals surface area (Å²) in [6, 6.07) is 4.99. The number of hydrogen-bond donors (Lipinski definition) is 1. The summed E-state index contributed by atoms with van der Waals surface area (Å²) in [4.78, 5) is 11.0. The normalized spacial score (nSPS) is 15.3. The van der Waals surface area contributed by atoms with Crippen molar-refractivity contribution in [3.63, 3.8) is 0 Å². The lowest BCUT2D eigenvalue weighted by Crippen LogP contribution is -2.24. The van der Waals surface area contributed by atoms with Crippen molar-refractivity contribution in [1.29, 1.82) is 0 Å². The van der Waals surface area contributed by atoms with Crippen LogP contribution in [0.15, 0.2) is 18.2 Å². The first-order valence-corrected chi connectivity index (χ1v) is 5.35. The van der Waals surface area contributed by atoms with Crippen LogP contribution < -0.4 is 15.2 Å². The van der Waals surface area contributed by atoms with E-state index in [0.717, 1.165) is 12.8 Å². The Hall–Kier alpha value is -1.71. The van der Waals surface area contributed by atoms with E-state index in [1.165, 1.54) is 6.42 Å². The highest BCUT2D eigenvalue weighted by atomic mass is 16.5. The van der Waals surface area contributed by atoms with Crippen molar-refractivity contribution < 1.29 is 14.3 Å². The number of hydrogen-bond acceptors (Lipinski definition) is 3. The molecule has 4 heteroatoms. The lowest BCUT2D eigenvalue weighted by atomic mass is 9.96. The zero-order chi connectivity index (χ0) is 11.5. The summed E-state index contributed by atoms with van der Waals surface area (Å²) in [6.07, 6.45) is 3.67. The van der Waals surface area contributed by atoms with Gasteiger partial charge in [0.15, 0.2) is 11.5 Å². The zero-order valence-corrected chi connectivity index (χ0v) is 9.23. The molecule has 0 aromatic heterocycles. The van der Waals surface area contributed by atoms with Gasteiger partial charge in [0.2, 0.25) is 5.91 Å². The van der Waals surface area contributed by atoms with Gasteiger partial charge in [-0.1, -0.05) is 0 Å². The molecule has 0 atom stereocenters. The third-order valence-corrected chi connectivity index (χ3v) is 2.79. The fourth-order valence-corrected chi connectivity index (χ4v) is 1.59. The van der Waals surface area contributed by atoms with Crippen LogP contribution in [0, 0.1) is 0 Å². The molecule has 1 aliphatic carbocycles. The Morgan fingerprint density at radius 3 is 2.62 bits per heavy atom. The molecule has 1 fully saturated rings. The molecule has 0 spiro atoms. The van der Waals surface area contributed by atoms with Gasteiger partial charge in [0.05, 0.1) is 13.2 Å². The van der Waals surface area contributed by atoms with Crippen molar-refractivity contribution in [2.45, 2.75) is 25.4 Å². The summed E-state index contributed by atoms with van der Waals surface area (Å²) in [6.45, 7) is 0. The third kappa shape index (κ3) is 2.10. The van der Waals surface area contributed by atoms with E-state index in [9.17, 15) is 4.79 Å². The predicted octanol–water partition coefficient (Wildman–Crippen LogP) is 1.73. The van der Waals surface area contributed by atoms with Crippen LogP contribution in [0.4, 0.5) is 0 Å². The number of carbonyl (C=O) groups is 1. The van der Waals surface area contributed by atoms with Crippen LogP contribution in [-0.2, 0) is 0 Å². The number of methoxy groups -OCH3 is 1. The number of carbonyl (C=O) groups excluding carboxylic acids is 1. The van der Waals surface area contributed by atoms with Gasteiger partial charge in [-0.05, 0) is 37.5 Å². The minimum absolute atomic E-state index is 0.285. The largest absolute Gasteiger partial charge is 0.493 e. The van der Waals surface area contributed by atoms with Gasteiger partial charge >= 0.3 is 0 Å². The van der Waals surface area contributed by atoms with Gasteiger partial charge in [0, 0.05) is 5.56 Å². The van der Waals surface area contributed by atoms with Crippen molar-refractivity contribution in [3.05, 3.63) is 23.8 Å². The molecule has 16 heavy (non-hydrogen) atoms. The highest BCUT2D eigenvalue weighted by Crippen LogP contribution is 2.32. The van der Waals surface area contributed by atoms with Crippen LogP contribution in [0.5, 0.6) is 11.5 Å². The summed E-state index contributed by atoms with van der Waals surface area (Å²) in [5.74, 6) is 0.772. The van der Waals surface area contributed by atoms with Crippen LogP contribution in [0.2, 0.25) is 0 Å². The second-order valence-electron chi connectivity index (χ2n) is 3.90. The van der Waals surface area contributed by atoms with Crippen LogP contribution in [0.3, 0.4) is 0 Å². The number of ether oxygens (including phenoxy) is 2. The van der Waals surface area contributed by atoms with Gasteiger partial charge in [0.25, 0.3) is 0 Å². The van der Waals surface area contributed by atoms with E-state index < -0.39 is 5.91 Å². The van der Waals surface area contributed by atoms with Crippen LogP contribution in [-0.4, -0.2) is 19.1 Å². The second-order valence-corrected chi connectivity index (χ2v) is 3.90. The molecule has 0 saturated heterocycles. The fourth-order valence-electron chi connectivity index (χ4n) is 1.59. The molecule has 2 N–H and O–H groups in total. The molecule has 4 nitrogen and oxygen atoms in total. The lowest BCUT2D eigenvalue weighted by Gasteiger charge is -2.27. The summed E-state index contributed by atoms with van der Waals surface area (Å²) in [5, 5.41) is 0. The van der Waals surface area contributed by atoms with Gasteiger partial charge in [-0.3, -0.25) is 4.79 Å². The Bertz CT molecular complexity index is 399. The van der Waals surface area contributed by atoms with Crippen LogP contribution in [0.25, 0.3) is 0 Å². The molecule has 0 radical (unpaired) electrons. The van der Waals surface area contributed by atoms with Crippen molar-refractivity contribution in [1.82, 2.24) is 0 Å². The van der Waals surface area contributed by atoms with E-state index in [-0.39, 0.29) is 6.10 Å². The minimum Gasteiger partial charge on any atom is -0.493 e. The van der Waals surface area contributed by atoms with E-state index >= 15 is 0 Å². The van der Waals surface area contributed by atoms with Gasteiger partial charge < -0.3 is 15.2 Å². The zero-order valence-electron chi connectivity index (χ0n) is 9.23. The molecule has 1 aromatic rings. The summed E-state index contributed by atoms with van der Waals surface area (Å²) >= 11 is 0. The first-order valence-electron chi connectivity index (χ1n) is 5.35. The first kappa shape index (κ1) is 10.8. The highest BCUT2D eigenvalue weighted by Gasteiger charge is 2.21. The number of rotatable bonds is 4. The van der Waals surface area contributed by atoms with E-state index in [4.69, 9.17) is 15.2 Å². The molecule has 1 amide bonds. The van der Waals surface area contributed by atoms with Gasteiger partial charge in [-0.25, -0.2) is 0 Å². The van der Waals surface area contributed by atoms with Gasteiger partial charge in [-0.15, -0.1) is 0 Å². The number of nitrogens with two attached hydrogens (primary N) is 1. The van der Waals surface area contributed by atoms with E-state index in [0.29, 0.717) is 17.1 Å². The SMILES string of the molecule is COc1cc(C(N)=O)ccc1OC1CCC1. The smallest absolute Gasteiger partial charge is 0.248 e. The van der Waals surface area contributed by atoms with Crippen LogP contribution in [0.1, 0.15) is 29.6 Å². The Kier molecular flexibility index (Phi) is 2.99. The average molecular weight is 221 g/mol. The minimum atomic E-state index is -0.464. The maximum Gasteiger partial charge on any atom is 0.248 e. The van der Waals surface area contributed by atoms with E-state index in [2.05, 4.69) is 0 Å². The fraction of sp³-hybridized carbons (Fsp3) is 0.417. The molecule has 0 bridgehead atoms. The maximum absolute atomic E-state index is 11.0. The number of amides is 1. The van der Waals surface area contributed by atoms with Gasteiger partial charge in [0.1, 0.15) is 0 Å². The Balaban J connectivity index is 2.19. The monoisotopic (exact) mass is 221 g/mol. The molecular weight excluding hydrogens is 206 g/mol. The molecule has 0 unspecified atom stereocenters. The summed E-state index contributed by atoms with van der Waals surface area (Å²) in [5.41, 5.74) is 5.62. The second kappa shape index (κ2) is 4.43. The quantitative estimate of drug-likeness (QED) is 0.842. The molecule has 0 aliphatic heterocycles. The molecule has 1 aromatic carbocycles. The first-order chi connectivity index (χ1) is 7.70. The van der Waals surface area contributed by atoms with Crippen LogP contribution >= 0.6 is 0 Å². The molecule has 2 rings (SSSR count). The molecule has 1 aliphatic rings. The molecule has 86 valence electrons. The highest BCUT2D eigenvalue weighted by molar-refractivity contribution is 5.93. The predicted molar refractivity (Wildman–Crippen MR) is 59.8 cm³/mol. The Morgan fingerprint density at radius 2 is 2.12 bits per heavy atom. The van der Waals surface area contributed by atoms with Crippen molar-refractivity contribution >= 4 is 5.91 Å². The number of primary amides is 1. The lowest BCUT2D eigenvalue weighted by molar-refractivity contribution is 0.0999. The van der Waals surface area contributed by atoms with Crippen molar-refractivity contribution in [2.24, 2.45) is 5.73 Å². The standard InChI is InChI=1S/C12H15NO3/c1-15-11-7-8(12(13)14)5-6-10(11)16-9-3-2-4-9/h5-7,9H,2-4H2,1H3,(H2,13,14). The van der Waals surface area contributed by atoms with E-state index in [1.807, 2.05) is 0 Å². The van der Waals surface area contributed by atoms with E-state index in [1.54, 1.807) is 25.3 Å². The maximum atomic E-state index is 11.0. The molecule has 1 saturated carbocycles.